The molecular formula is C14H12N4O2. The molecule has 3 heterocycles. The molecule has 6 nitrogen and oxygen atoms in total. The van der Waals surface area contributed by atoms with Crippen molar-refractivity contribution in [2.45, 2.75) is 0 Å². The molecule has 0 saturated carbocycles. The molecule has 0 radical (unpaired) electrons. The predicted molar refractivity (Wildman–Crippen MR) is 75.4 cm³/mol. The summed E-state index contributed by atoms with van der Waals surface area (Å²) in [5, 5.41) is 0. The standard InChI is InChI=1S/C14H12N4O2/c1-17-11-9(7-19)3-5-15-13(11)18(2)14-12(17)10(8-20)4-6-16-14/h3-8H,1-2H3. The number of carbonyl (C=O) groups excluding carboxylic acids is 2. The SMILES string of the molecule is CN1c2nccc(C=O)c2N(C)c2c(C=O)ccnc21. The number of aromatic nitrogens is 2. The van der Waals surface area contributed by atoms with Crippen LogP contribution in [-0.2, 0) is 0 Å². The van der Waals surface area contributed by atoms with E-state index in [-0.39, 0.29) is 0 Å². The van der Waals surface area contributed by atoms with Crippen molar-refractivity contribution in [1.82, 2.24) is 9.97 Å². The van der Waals surface area contributed by atoms with Crippen molar-refractivity contribution in [1.29, 1.82) is 0 Å². The Hall–Kier alpha value is -2.76. The fraction of sp³-hybridized carbons (Fsp3) is 0.143. The molecule has 0 spiro atoms. The molecule has 100 valence electrons. The molecule has 2 aromatic rings. The molecule has 0 N–H and O–H groups in total. The number of fused-ring (bicyclic) bond motifs is 2. The number of anilines is 4. The van der Waals surface area contributed by atoms with Crippen LogP contribution in [0.1, 0.15) is 20.7 Å². The van der Waals surface area contributed by atoms with Crippen LogP contribution in [0.2, 0.25) is 0 Å². The lowest BCUT2D eigenvalue weighted by Crippen LogP contribution is -2.28. The summed E-state index contributed by atoms with van der Waals surface area (Å²) in [7, 11) is 3.61. The monoisotopic (exact) mass is 268 g/mol. The minimum atomic E-state index is 0.524. The molecular weight excluding hydrogens is 256 g/mol. The number of hydrogen-bond donors (Lipinski definition) is 0. The summed E-state index contributed by atoms with van der Waals surface area (Å²) in [4.78, 5) is 34.7. The Kier molecular flexibility index (Phi) is 2.71. The van der Waals surface area contributed by atoms with E-state index in [0.717, 1.165) is 12.6 Å². The average molecular weight is 268 g/mol. The molecule has 1 aliphatic rings. The van der Waals surface area contributed by atoms with Gasteiger partial charge >= 0.3 is 0 Å². The molecule has 3 rings (SSSR count). The highest BCUT2D eigenvalue weighted by atomic mass is 16.1. The van der Waals surface area contributed by atoms with Gasteiger partial charge in [-0.2, -0.15) is 0 Å². The second-order valence-electron chi connectivity index (χ2n) is 4.50. The maximum absolute atomic E-state index is 11.2. The van der Waals surface area contributed by atoms with Crippen LogP contribution in [-0.4, -0.2) is 36.6 Å². The quantitative estimate of drug-likeness (QED) is 0.775. The van der Waals surface area contributed by atoms with Gasteiger partial charge in [0.25, 0.3) is 0 Å². The molecule has 0 amide bonds. The minimum absolute atomic E-state index is 0.524. The fourth-order valence-corrected chi connectivity index (χ4v) is 2.50. The molecule has 0 saturated heterocycles. The Morgan fingerprint density at radius 1 is 0.850 bits per heavy atom. The Bertz CT molecular complexity index is 655. The first-order valence-electron chi connectivity index (χ1n) is 6.05. The van der Waals surface area contributed by atoms with Crippen molar-refractivity contribution >= 4 is 35.6 Å². The van der Waals surface area contributed by atoms with Crippen LogP contribution in [0, 0.1) is 0 Å². The first-order valence-corrected chi connectivity index (χ1v) is 6.05. The van der Waals surface area contributed by atoms with Gasteiger partial charge in [-0.05, 0) is 12.1 Å². The van der Waals surface area contributed by atoms with Gasteiger partial charge in [-0.25, -0.2) is 9.97 Å². The first-order chi connectivity index (χ1) is 9.69. The summed E-state index contributed by atoms with van der Waals surface area (Å²) >= 11 is 0. The summed E-state index contributed by atoms with van der Waals surface area (Å²) in [5.74, 6) is 1.28. The third-order valence-corrected chi connectivity index (χ3v) is 3.43. The van der Waals surface area contributed by atoms with Gasteiger partial charge in [0.15, 0.2) is 24.2 Å². The van der Waals surface area contributed by atoms with E-state index in [2.05, 4.69) is 9.97 Å². The Morgan fingerprint density at radius 3 is 1.70 bits per heavy atom. The topological polar surface area (TPSA) is 66.4 Å². The summed E-state index contributed by atoms with van der Waals surface area (Å²) in [6.07, 6.45) is 4.74. The van der Waals surface area contributed by atoms with Crippen molar-refractivity contribution in [3.05, 3.63) is 35.7 Å². The highest BCUT2D eigenvalue weighted by molar-refractivity contribution is 6.02. The number of pyridine rings is 2. The van der Waals surface area contributed by atoms with Crippen molar-refractivity contribution in [3.63, 3.8) is 0 Å². The number of hydrogen-bond acceptors (Lipinski definition) is 6. The molecule has 0 unspecified atom stereocenters. The second-order valence-corrected chi connectivity index (χ2v) is 4.50. The fourth-order valence-electron chi connectivity index (χ4n) is 2.50. The zero-order valence-corrected chi connectivity index (χ0v) is 11.1. The van der Waals surface area contributed by atoms with Gasteiger partial charge in [0.2, 0.25) is 0 Å². The third-order valence-electron chi connectivity index (χ3n) is 3.43. The lowest BCUT2D eigenvalue weighted by Gasteiger charge is -2.35. The van der Waals surface area contributed by atoms with E-state index in [1.54, 1.807) is 41.4 Å². The summed E-state index contributed by atoms with van der Waals surface area (Å²) < 4.78 is 0. The number of aldehydes is 2. The van der Waals surface area contributed by atoms with Gasteiger partial charge in [-0.3, -0.25) is 9.59 Å². The van der Waals surface area contributed by atoms with Gasteiger partial charge in [0.05, 0.1) is 11.4 Å². The van der Waals surface area contributed by atoms with Gasteiger partial charge in [-0.1, -0.05) is 0 Å². The number of carbonyl (C=O) groups is 2. The minimum Gasteiger partial charge on any atom is -0.337 e. The number of rotatable bonds is 2. The van der Waals surface area contributed by atoms with Gasteiger partial charge in [-0.15, -0.1) is 0 Å². The van der Waals surface area contributed by atoms with Crippen LogP contribution >= 0.6 is 0 Å². The third kappa shape index (κ3) is 1.51. The second kappa shape index (κ2) is 4.41. The largest absolute Gasteiger partial charge is 0.337 e. The molecule has 0 fully saturated rings. The molecule has 6 heteroatoms. The van der Waals surface area contributed by atoms with Crippen LogP contribution in [0.4, 0.5) is 23.0 Å². The Morgan fingerprint density at radius 2 is 1.30 bits per heavy atom. The van der Waals surface area contributed by atoms with Crippen LogP contribution in [0.5, 0.6) is 0 Å². The highest BCUT2D eigenvalue weighted by Gasteiger charge is 2.30. The molecule has 0 aromatic carbocycles. The Labute approximate surface area is 115 Å². The maximum Gasteiger partial charge on any atom is 0.158 e. The molecule has 2 aromatic heterocycles. The smallest absolute Gasteiger partial charge is 0.158 e. The van der Waals surface area contributed by atoms with Crippen molar-refractivity contribution < 1.29 is 9.59 Å². The predicted octanol–water partition coefficient (Wildman–Crippen LogP) is 1.95. The van der Waals surface area contributed by atoms with E-state index in [0.29, 0.717) is 34.1 Å². The van der Waals surface area contributed by atoms with Crippen LogP contribution in [0.15, 0.2) is 24.5 Å². The average Bonchev–Trinajstić information content (AvgIpc) is 2.50. The van der Waals surface area contributed by atoms with Crippen LogP contribution in [0.3, 0.4) is 0 Å². The molecule has 1 aliphatic heterocycles. The molecule has 0 aliphatic carbocycles. The normalized spacial score (nSPS) is 12.7. The van der Waals surface area contributed by atoms with Crippen molar-refractivity contribution in [3.8, 4) is 0 Å². The summed E-state index contributed by atoms with van der Waals surface area (Å²) in [5.41, 5.74) is 2.40. The first kappa shape index (κ1) is 12.3. The molecule has 0 atom stereocenters. The van der Waals surface area contributed by atoms with Crippen LogP contribution < -0.4 is 9.80 Å². The molecule has 0 bridgehead atoms. The van der Waals surface area contributed by atoms with E-state index in [1.807, 2.05) is 7.05 Å². The zero-order valence-electron chi connectivity index (χ0n) is 11.1. The van der Waals surface area contributed by atoms with Gasteiger partial charge in [0, 0.05) is 37.6 Å². The van der Waals surface area contributed by atoms with E-state index in [9.17, 15) is 9.59 Å². The van der Waals surface area contributed by atoms with E-state index < -0.39 is 0 Å². The van der Waals surface area contributed by atoms with Crippen molar-refractivity contribution in [2.24, 2.45) is 0 Å². The Balaban J connectivity index is 2.34. The number of nitrogens with zero attached hydrogens (tertiary/aromatic N) is 4. The van der Waals surface area contributed by atoms with Gasteiger partial charge < -0.3 is 9.80 Å². The highest BCUT2D eigenvalue weighted by Crippen LogP contribution is 2.46. The summed E-state index contributed by atoms with van der Waals surface area (Å²) in [6, 6.07) is 3.30. The maximum atomic E-state index is 11.2. The lowest BCUT2D eigenvalue weighted by molar-refractivity contribution is 0.111. The van der Waals surface area contributed by atoms with E-state index in [4.69, 9.17) is 0 Å². The van der Waals surface area contributed by atoms with Gasteiger partial charge in [0.1, 0.15) is 0 Å². The van der Waals surface area contributed by atoms with E-state index >= 15 is 0 Å². The lowest BCUT2D eigenvalue weighted by atomic mass is 10.1. The van der Waals surface area contributed by atoms with E-state index in [1.165, 1.54) is 0 Å². The zero-order chi connectivity index (χ0) is 14.3. The van der Waals surface area contributed by atoms with Crippen LogP contribution in [0.25, 0.3) is 0 Å². The summed E-state index contributed by atoms with van der Waals surface area (Å²) in [6.45, 7) is 0. The molecule has 20 heavy (non-hydrogen) atoms. The van der Waals surface area contributed by atoms with Crippen molar-refractivity contribution in [2.75, 3.05) is 23.9 Å².